The van der Waals surface area contributed by atoms with Crippen LogP contribution in [-0.4, -0.2) is 166 Å². The van der Waals surface area contributed by atoms with Crippen molar-refractivity contribution in [1.29, 1.82) is 0 Å². The normalized spacial score (nSPS) is 55.4. The van der Waals surface area contributed by atoms with Crippen LogP contribution in [0.5, 0.6) is 0 Å². The van der Waals surface area contributed by atoms with Crippen LogP contribution in [0, 0.1) is 46.3 Å². The third-order valence-corrected chi connectivity index (χ3v) is 17.7. The number of hydrogen-bond donors (Lipinski definition) is 7. The second-order valence-corrected chi connectivity index (χ2v) is 21.3. The number of esters is 1. The lowest BCUT2D eigenvalue weighted by Gasteiger charge is -2.58. The Bertz CT molecular complexity index is 1690. The summed E-state index contributed by atoms with van der Waals surface area (Å²) in [5, 5.41) is 75.9. The molecule has 63 heavy (non-hydrogen) atoms. The highest BCUT2D eigenvalue weighted by Crippen LogP contribution is 2.70. The first kappa shape index (κ1) is 46.7. The highest BCUT2D eigenvalue weighted by molar-refractivity contribution is 5.66. The highest BCUT2D eigenvalue weighted by atomic mass is 16.8. The van der Waals surface area contributed by atoms with Crippen LogP contribution in [0.1, 0.15) is 99.3 Å². The molecule has 17 nitrogen and oxygen atoms in total. The van der Waals surface area contributed by atoms with Crippen LogP contribution in [-0.2, 0) is 47.4 Å². The van der Waals surface area contributed by atoms with Crippen LogP contribution in [0.2, 0.25) is 0 Å². The molecular weight excluding hydrogens is 824 g/mol. The molecule has 5 aliphatic heterocycles. The Hall–Kier alpha value is -1.39. The van der Waals surface area contributed by atoms with Gasteiger partial charge in [-0.15, -0.1) is 0 Å². The summed E-state index contributed by atoms with van der Waals surface area (Å²) in [6.45, 7) is 11.1. The van der Waals surface area contributed by atoms with Crippen LogP contribution < -0.4 is 0 Å². The summed E-state index contributed by atoms with van der Waals surface area (Å²) in [7, 11) is 0. The Balaban J connectivity index is 0.917. The topological polar surface area (TPSA) is 242 Å². The minimum atomic E-state index is -2.03. The summed E-state index contributed by atoms with van der Waals surface area (Å²) >= 11 is 0. The number of aliphatic hydroxyl groups excluding tert-OH is 6. The van der Waals surface area contributed by atoms with Crippen LogP contribution >= 0.6 is 0 Å². The zero-order valence-corrected chi connectivity index (χ0v) is 37.5. The fourth-order valence-electron chi connectivity index (χ4n) is 14.1. The number of hydrogen-bond acceptors (Lipinski definition) is 17. The van der Waals surface area contributed by atoms with Crippen LogP contribution in [0.15, 0.2) is 11.6 Å². The zero-order valence-electron chi connectivity index (χ0n) is 37.5. The molecule has 0 aromatic rings. The molecule has 1 spiro atoms. The molecule has 8 fully saturated rings. The molecule has 0 amide bonds. The van der Waals surface area contributed by atoms with Gasteiger partial charge in [-0.3, -0.25) is 4.79 Å². The van der Waals surface area contributed by atoms with Crippen LogP contribution in [0.25, 0.3) is 0 Å². The molecule has 5 heterocycles. The molecule has 0 aromatic carbocycles. The van der Waals surface area contributed by atoms with Gasteiger partial charge in [0.15, 0.2) is 30.8 Å². The summed E-state index contributed by atoms with van der Waals surface area (Å²) in [5.41, 5.74) is -0.527. The summed E-state index contributed by atoms with van der Waals surface area (Å²) < 4.78 is 55.4. The summed E-state index contributed by atoms with van der Waals surface area (Å²) in [6.07, 6.45) is -6.49. The van der Waals surface area contributed by atoms with E-state index in [-0.39, 0.29) is 23.0 Å². The first-order valence-electron chi connectivity index (χ1n) is 23.6. The lowest BCUT2D eigenvalue weighted by molar-refractivity contribution is -0.379. The van der Waals surface area contributed by atoms with E-state index in [9.17, 15) is 40.5 Å². The van der Waals surface area contributed by atoms with Crippen molar-refractivity contribution in [3.05, 3.63) is 11.6 Å². The minimum Gasteiger partial charge on any atom is -0.457 e. The quantitative estimate of drug-likeness (QED) is 0.128. The molecule has 4 aliphatic carbocycles. The van der Waals surface area contributed by atoms with Gasteiger partial charge in [-0.25, -0.2) is 0 Å². The minimum absolute atomic E-state index is 0.0308. The molecule has 9 rings (SSSR count). The van der Waals surface area contributed by atoms with E-state index in [1.54, 1.807) is 6.92 Å². The van der Waals surface area contributed by atoms with Gasteiger partial charge in [-0.05, 0) is 98.7 Å². The fourth-order valence-corrected chi connectivity index (χ4v) is 14.1. The monoisotopic (exact) mass is 896 g/mol. The lowest BCUT2D eigenvalue weighted by Crippen LogP contribution is -2.65. The van der Waals surface area contributed by atoms with E-state index in [0.717, 1.165) is 51.6 Å². The van der Waals surface area contributed by atoms with Gasteiger partial charge in [-0.2, -0.15) is 0 Å². The molecule has 0 radical (unpaired) electrons. The summed E-state index contributed by atoms with van der Waals surface area (Å²) in [5.74, 6) is 1.90. The molecule has 5 saturated heterocycles. The lowest BCUT2D eigenvalue weighted by atomic mass is 9.47. The Morgan fingerprint density at radius 3 is 2.30 bits per heavy atom. The third-order valence-electron chi connectivity index (χ3n) is 17.7. The van der Waals surface area contributed by atoms with Crippen molar-refractivity contribution >= 4 is 5.97 Å². The van der Waals surface area contributed by atoms with Crippen molar-refractivity contribution < 1.29 is 83.2 Å². The van der Waals surface area contributed by atoms with Gasteiger partial charge in [0, 0.05) is 19.3 Å². The van der Waals surface area contributed by atoms with Crippen molar-refractivity contribution in [2.24, 2.45) is 46.3 Å². The third kappa shape index (κ3) is 7.78. The molecule has 9 aliphatic rings. The van der Waals surface area contributed by atoms with Crippen LogP contribution in [0.3, 0.4) is 0 Å². The molecule has 358 valence electrons. The number of allylic oxidation sites excluding steroid dienone is 1. The molecular formula is C46H72O17. The predicted molar refractivity (Wildman–Crippen MR) is 218 cm³/mol. The number of rotatable bonds is 9. The van der Waals surface area contributed by atoms with Gasteiger partial charge in [0.1, 0.15) is 48.3 Å². The van der Waals surface area contributed by atoms with E-state index in [0.29, 0.717) is 48.3 Å². The standard InChI is InChI=1S/C46H72O17/c1-21-9-14-46(56-18-21)22(2)32-30(63-46)16-29-27-8-7-25-15-26(10-12-43(25,5)28(27)11-13-44(29,32)6)59-41-38(62-40-34(51)33(50)36(23(3)57-40)58-24(4)49)35(52)37(31(17-47)60-41)61-42-39(53)45(54,19-48)20-55-42/h7,21-23,26-42,47-48,50-54H,8-20H2,1-6H3/t21-,22+,23+,26+,27-,28+,29+,30+,31-,32+,33-,34-,35+,36+,37-,38-,39+,40+,41-,42+,43+,44+,45-,46-/m1/s1. The number of carbonyl (C=O) groups excluding carboxylic acids is 1. The van der Waals surface area contributed by atoms with Crippen molar-refractivity contribution in [2.45, 2.75) is 197 Å². The summed E-state index contributed by atoms with van der Waals surface area (Å²) in [4.78, 5) is 11.8. The second-order valence-electron chi connectivity index (χ2n) is 21.3. The van der Waals surface area contributed by atoms with E-state index >= 15 is 0 Å². The number of carbonyl (C=O) groups is 1. The van der Waals surface area contributed by atoms with E-state index in [1.165, 1.54) is 12.5 Å². The molecule has 0 bridgehead atoms. The van der Waals surface area contributed by atoms with Gasteiger partial charge >= 0.3 is 5.97 Å². The highest BCUT2D eigenvalue weighted by Gasteiger charge is 2.69. The van der Waals surface area contributed by atoms with Crippen molar-refractivity contribution in [3.63, 3.8) is 0 Å². The first-order chi connectivity index (χ1) is 29.9. The molecule has 24 atom stereocenters. The van der Waals surface area contributed by atoms with E-state index in [4.69, 9.17) is 42.6 Å². The Kier molecular flexibility index (Phi) is 12.8. The van der Waals surface area contributed by atoms with Gasteiger partial charge < -0.3 is 78.4 Å². The fraction of sp³-hybridized carbons (Fsp3) is 0.935. The van der Waals surface area contributed by atoms with E-state index < -0.39 is 111 Å². The van der Waals surface area contributed by atoms with Gasteiger partial charge in [0.2, 0.25) is 0 Å². The first-order valence-corrected chi connectivity index (χ1v) is 23.6. The average Bonchev–Trinajstić information content (AvgIpc) is 3.82. The second kappa shape index (κ2) is 17.3. The Morgan fingerprint density at radius 2 is 1.62 bits per heavy atom. The van der Waals surface area contributed by atoms with Gasteiger partial charge in [-0.1, -0.05) is 39.3 Å². The SMILES string of the molecule is CC(=O)O[C@@H]1[C@H](O)[C@@H](O)[C@H](O[C@H]2[C@H](O[C@H]3CC[C@@]4(C)C(=CC[C@H]5[C@@H]6C[C@@H]7O[C@]8(CC[C@@H](C)CO8)[C@@H](C)[C@@H]7[C@@]6(C)CC[C@@H]54)C3)O[C@H](CO)[C@@H](O[C@@H]3OC[C@](O)(CO)[C@H]3O)[C@@H]2O)O[C@H]1C. The number of aliphatic hydroxyl groups is 7. The van der Waals surface area contributed by atoms with Crippen molar-refractivity contribution in [3.8, 4) is 0 Å². The number of ether oxygens (including phenoxy) is 9. The molecule has 0 aromatic heterocycles. The van der Waals surface area contributed by atoms with Crippen molar-refractivity contribution in [1.82, 2.24) is 0 Å². The van der Waals surface area contributed by atoms with Crippen molar-refractivity contribution in [2.75, 3.05) is 26.4 Å². The number of fused-ring (bicyclic) bond motifs is 7. The average molecular weight is 897 g/mol. The maximum atomic E-state index is 12.0. The van der Waals surface area contributed by atoms with Crippen LogP contribution in [0.4, 0.5) is 0 Å². The smallest absolute Gasteiger partial charge is 0.303 e. The zero-order chi connectivity index (χ0) is 45.0. The van der Waals surface area contributed by atoms with E-state index in [2.05, 4.69) is 33.8 Å². The van der Waals surface area contributed by atoms with E-state index in [1.807, 2.05) is 0 Å². The summed E-state index contributed by atoms with van der Waals surface area (Å²) in [6, 6.07) is 0. The Labute approximate surface area is 369 Å². The maximum absolute atomic E-state index is 12.0. The maximum Gasteiger partial charge on any atom is 0.303 e. The molecule has 0 unspecified atom stereocenters. The Morgan fingerprint density at radius 1 is 0.857 bits per heavy atom. The molecule has 3 saturated carbocycles. The van der Waals surface area contributed by atoms with Gasteiger partial charge in [0.05, 0.1) is 44.7 Å². The largest absolute Gasteiger partial charge is 0.457 e. The van der Waals surface area contributed by atoms with Gasteiger partial charge in [0.25, 0.3) is 0 Å². The molecule has 17 heteroatoms. The molecule has 7 N–H and O–H groups in total. The predicted octanol–water partition coefficient (Wildman–Crippen LogP) is 1.43.